The monoisotopic (exact) mass is 273 g/mol. The molecule has 1 aliphatic carbocycles. The van der Waals surface area contributed by atoms with E-state index in [2.05, 4.69) is 10.0 Å². The molecule has 0 radical (unpaired) electrons. The summed E-state index contributed by atoms with van der Waals surface area (Å²) < 4.78 is 28.5. The third-order valence-corrected chi connectivity index (χ3v) is 5.66. The maximum Gasteiger partial charge on any atom is 0.279 e. The van der Waals surface area contributed by atoms with Crippen LogP contribution in [-0.4, -0.2) is 43.8 Å². The zero-order valence-corrected chi connectivity index (χ0v) is 11.1. The minimum Gasteiger partial charge on any atom is -0.353 e. The fraction of sp³-hybridized carbons (Fsp3) is 0.909. The Bertz CT molecular complexity index is 446. The van der Waals surface area contributed by atoms with Gasteiger partial charge in [0.1, 0.15) is 0 Å². The van der Waals surface area contributed by atoms with Gasteiger partial charge in [0.2, 0.25) is 5.91 Å². The van der Waals surface area contributed by atoms with Gasteiger partial charge < -0.3 is 5.32 Å². The van der Waals surface area contributed by atoms with Gasteiger partial charge in [-0.25, -0.2) is 0 Å². The number of fused-ring (bicyclic) bond motifs is 1. The summed E-state index contributed by atoms with van der Waals surface area (Å²) in [6.45, 7) is 1.04. The predicted molar refractivity (Wildman–Crippen MR) is 65.9 cm³/mol. The normalized spacial score (nSPS) is 33.9. The summed E-state index contributed by atoms with van der Waals surface area (Å²) in [5.74, 6) is 0.371. The standard InChI is InChI=1S/C11H19N3O3S/c15-11-4-1-8-7-14(6-5-10(8)12-11)18(16,17)13-9-2-3-9/h8-10,13H,1-7H2,(H,12,15). The van der Waals surface area contributed by atoms with Crippen LogP contribution in [0.2, 0.25) is 0 Å². The van der Waals surface area contributed by atoms with E-state index in [-0.39, 0.29) is 23.9 Å². The highest BCUT2D eigenvalue weighted by atomic mass is 32.2. The quantitative estimate of drug-likeness (QED) is 0.733. The summed E-state index contributed by atoms with van der Waals surface area (Å²) >= 11 is 0. The van der Waals surface area contributed by atoms with E-state index in [0.29, 0.717) is 19.5 Å². The molecule has 18 heavy (non-hydrogen) atoms. The molecule has 3 aliphatic rings. The van der Waals surface area contributed by atoms with Gasteiger partial charge in [-0.3, -0.25) is 4.79 Å². The molecule has 2 saturated heterocycles. The van der Waals surface area contributed by atoms with Crippen molar-refractivity contribution in [3.63, 3.8) is 0 Å². The molecule has 102 valence electrons. The van der Waals surface area contributed by atoms with Gasteiger partial charge >= 0.3 is 0 Å². The molecule has 0 spiro atoms. The second kappa shape index (κ2) is 4.47. The van der Waals surface area contributed by atoms with Crippen molar-refractivity contribution in [3.05, 3.63) is 0 Å². The molecule has 0 bridgehead atoms. The maximum atomic E-state index is 12.1. The van der Waals surface area contributed by atoms with E-state index in [4.69, 9.17) is 0 Å². The van der Waals surface area contributed by atoms with E-state index in [9.17, 15) is 13.2 Å². The zero-order chi connectivity index (χ0) is 12.8. The van der Waals surface area contributed by atoms with E-state index >= 15 is 0 Å². The van der Waals surface area contributed by atoms with Crippen LogP contribution in [-0.2, 0) is 15.0 Å². The lowest BCUT2D eigenvalue weighted by Gasteiger charge is -2.40. The van der Waals surface area contributed by atoms with Gasteiger partial charge in [0.25, 0.3) is 10.2 Å². The Labute approximate surface area is 107 Å². The van der Waals surface area contributed by atoms with Gasteiger partial charge in [-0.1, -0.05) is 0 Å². The second-order valence-electron chi connectivity index (χ2n) is 5.52. The summed E-state index contributed by atoms with van der Waals surface area (Å²) in [6.07, 6.45) is 3.95. The van der Waals surface area contributed by atoms with Crippen molar-refractivity contribution in [1.82, 2.24) is 14.3 Å². The molecule has 1 saturated carbocycles. The van der Waals surface area contributed by atoms with Gasteiger partial charge in [-0.05, 0) is 31.6 Å². The van der Waals surface area contributed by atoms with Crippen molar-refractivity contribution < 1.29 is 13.2 Å². The first kappa shape index (κ1) is 12.4. The number of piperidine rings is 2. The SMILES string of the molecule is O=C1CCC2CN(S(=O)(=O)NC3CC3)CCC2N1. The van der Waals surface area contributed by atoms with E-state index in [1.807, 2.05) is 0 Å². The number of carbonyl (C=O) groups is 1. The van der Waals surface area contributed by atoms with Gasteiger partial charge in [0.05, 0.1) is 0 Å². The Morgan fingerprint density at radius 1 is 1.22 bits per heavy atom. The van der Waals surface area contributed by atoms with Gasteiger partial charge in [-0.2, -0.15) is 17.4 Å². The van der Waals surface area contributed by atoms with Gasteiger partial charge in [0.15, 0.2) is 0 Å². The fourth-order valence-electron chi connectivity index (χ4n) is 2.78. The molecular formula is C11H19N3O3S. The Kier molecular flexibility index (Phi) is 3.07. The van der Waals surface area contributed by atoms with Crippen LogP contribution >= 0.6 is 0 Å². The van der Waals surface area contributed by atoms with E-state index in [0.717, 1.165) is 25.7 Å². The number of carbonyl (C=O) groups excluding carboxylic acids is 1. The van der Waals surface area contributed by atoms with Crippen molar-refractivity contribution >= 4 is 16.1 Å². The van der Waals surface area contributed by atoms with E-state index < -0.39 is 10.2 Å². The lowest BCUT2D eigenvalue weighted by atomic mass is 9.86. The Morgan fingerprint density at radius 3 is 2.72 bits per heavy atom. The third kappa shape index (κ3) is 2.53. The number of hydrogen-bond donors (Lipinski definition) is 2. The van der Waals surface area contributed by atoms with E-state index in [1.54, 1.807) is 4.31 Å². The summed E-state index contributed by atoms with van der Waals surface area (Å²) in [6, 6.07) is 0.317. The number of rotatable bonds is 3. The first-order valence-electron chi connectivity index (χ1n) is 6.61. The zero-order valence-electron chi connectivity index (χ0n) is 10.3. The molecule has 0 aromatic carbocycles. The van der Waals surface area contributed by atoms with Crippen molar-refractivity contribution in [2.24, 2.45) is 5.92 Å². The molecule has 2 N–H and O–H groups in total. The maximum absolute atomic E-state index is 12.1. The number of hydrogen-bond acceptors (Lipinski definition) is 3. The average Bonchev–Trinajstić information content (AvgIpc) is 3.11. The minimum atomic E-state index is -3.31. The smallest absolute Gasteiger partial charge is 0.279 e. The van der Waals surface area contributed by atoms with Crippen LogP contribution in [0.25, 0.3) is 0 Å². The molecule has 7 heteroatoms. The van der Waals surface area contributed by atoms with Crippen molar-refractivity contribution in [2.45, 2.75) is 44.2 Å². The largest absolute Gasteiger partial charge is 0.353 e. The molecule has 2 heterocycles. The summed E-state index contributed by atoms with van der Waals surface area (Å²) in [5.41, 5.74) is 0. The molecule has 0 aromatic heterocycles. The minimum absolute atomic E-state index is 0.101. The first-order valence-corrected chi connectivity index (χ1v) is 8.05. The van der Waals surface area contributed by atoms with Crippen LogP contribution in [0.4, 0.5) is 0 Å². The lowest BCUT2D eigenvalue weighted by Crippen LogP contribution is -2.56. The van der Waals surface area contributed by atoms with Gasteiger partial charge in [-0.15, -0.1) is 0 Å². The second-order valence-corrected chi connectivity index (χ2v) is 7.22. The predicted octanol–water partition coefficient (Wildman–Crippen LogP) is -0.416. The molecule has 2 unspecified atom stereocenters. The Morgan fingerprint density at radius 2 is 2.00 bits per heavy atom. The van der Waals surface area contributed by atoms with Crippen LogP contribution < -0.4 is 10.0 Å². The lowest BCUT2D eigenvalue weighted by molar-refractivity contribution is -0.124. The van der Waals surface area contributed by atoms with Crippen molar-refractivity contribution in [1.29, 1.82) is 0 Å². The summed E-state index contributed by atoms with van der Waals surface area (Å²) in [5, 5.41) is 2.96. The van der Waals surface area contributed by atoms with Gasteiger partial charge in [0, 0.05) is 31.6 Å². The topological polar surface area (TPSA) is 78.5 Å². The molecule has 1 amide bonds. The highest BCUT2D eigenvalue weighted by molar-refractivity contribution is 7.87. The Balaban J connectivity index is 1.64. The summed E-state index contributed by atoms with van der Waals surface area (Å²) in [4.78, 5) is 11.3. The molecule has 3 fully saturated rings. The van der Waals surface area contributed by atoms with E-state index in [1.165, 1.54) is 0 Å². The highest BCUT2D eigenvalue weighted by Gasteiger charge is 2.39. The molecule has 3 rings (SSSR count). The molecule has 2 aliphatic heterocycles. The Hall–Kier alpha value is -0.660. The molecular weight excluding hydrogens is 254 g/mol. The van der Waals surface area contributed by atoms with Crippen LogP contribution in [0.3, 0.4) is 0 Å². The van der Waals surface area contributed by atoms with Crippen molar-refractivity contribution in [3.8, 4) is 0 Å². The number of nitrogens with zero attached hydrogens (tertiary/aromatic N) is 1. The molecule has 6 nitrogen and oxygen atoms in total. The van der Waals surface area contributed by atoms with Crippen LogP contribution in [0.15, 0.2) is 0 Å². The number of nitrogens with one attached hydrogen (secondary N) is 2. The third-order valence-electron chi connectivity index (χ3n) is 4.02. The van der Waals surface area contributed by atoms with Crippen LogP contribution in [0.1, 0.15) is 32.1 Å². The highest BCUT2D eigenvalue weighted by Crippen LogP contribution is 2.27. The molecule has 2 atom stereocenters. The average molecular weight is 273 g/mol. The summed E-state index contributed by atoms with van der Waals surface area (Å²) in [7, 11) is -3.31. The van der Waals surface area contributed by atoms with Crippen molar-refractivity contribution in [2.75, 3.05) is 13.1 Å². The fourth-order valence-corrected chi connectivity index (χ4v) is 4.32. The first-order chi connectivity index (χ1) is 8.54. The van der Waals surface area contributed by atoms with Crippen LogP contribution in [0.5, 0.6) is 0 Å². The van der Waals surface area contributed by atoms with Crippen LogP contribution in [0, 0.1) is 5.92 Å². The molecule has 0 aromatic rings. The number of amides is 1.